The Morgan fingerprint density at radius 1 is 1.39 bits per heavy atom. The smallest absolute Gasteiger partial charge is 0.251 e. The first-order valence-corrected chi connectivity index (χ1v) is 6.24. The Morgan fingerprint density at radius 3 is 3.11 bits per heavy atom. The van der Waals surface area contributed by atoms with Crippen LogP contribution in [0.3, 0.4) is 0 Å². The lowest BCUT2D eigenvalue weighted by atomic mass is 10.1. The monoisotopic (exact) mass is 248 g/mol. The van der Waals surface area contributed by atoms with Crippen LogP contribution < -0.4 is 20.1 Å². The normalized spacial score (nSPS) is 21.0. The standard InChI is InChI=1S/C13H16N2O3/c16-13(15-7-10-2-1-5-14-10)9-3-4-11-12(6-9)18-8-17-11/h3-4,6,10,14H,1-2,5,7-8H2,(H,15,16)/t10-/m1/s1. The largest absolute Gasteiger partial charge is 0.454 e. The summed E-state index contributed by atoms with van der Waals surface area (Å²) in [5, 5.41) is 6.28. The van der Waals surface area contributed by atoms with Gasteiger partial charge in [0.25, 0.3) is 5.91 Å². The van der Waals surface area contributed by atoms with Crippen molar-refractivity contribution in [3.8, 4) is 11.5 Å². The van der Waals surface area contributed by atoms with Gasteiger partial charge in [0, 0.05) is 18.2 Å². The highest BCUT2D eigenvalue weighted by Gasteiger charge is 2.18. The zero-order chi connectivity index (χ0) is 12.4. The highest BCUT2D eigenvalue weighted by Crippen LogP contribution is 2.32. The number of carbonyl (C=O) groups excluding carboxylic acids is 1. The molecule has 0 bridgehead atoms. The van der Waals surface area contributed by atoms with Crippen LogP contribution in [0.5, 0.6) is 11.5 Å². The lowest BCUT2D eigenvalue weighted by molar-refractivity contribution is 0.0950. The molecule has 3 rings (SSSR count). The average Bonchev–Trinajstić information content (AvgIpc) is 3.05. The van der Waals surface area contributed by atoms with Gasteiger partial charge in [-0.2, -0.15) is 0 Å². The van der Waals surface area contributed by atoms with Gasteiger partial charge in [0.2, 0.25) is 6.79 Å². The van der Waals surface area contributed by atoms with E-state index in [0.717, 1.165) is 13.0 Å². The molecule has 0 unspecified atom stereocenters. The number of hydrogen-bond acceptors (Lipinski definition) is 4. The topological polar surface area (TPSA) is 59.6 Å². The van der Waals surface area contributed by atoms with E-state index >= 15 is 0 Å². The van der Waals surface area contributed by atoms with Crippen molar-refractivity contribution < 1.29 is 14.3 Å². The summed E-state index contributed by atoms with van der Waals surface area (Å²) in [4.78, 5) is 12.0. The summed E-state index contributed by atoms with van der Waals surface area (Å²) in [7, 11) is 0. The zero-order valence-corrected chi connectivity index (χ0v) is 10.1. The molecule has 0 aliphatic carbocycles. The highest BCUT2D eigenvalue weighted by atomic mass is 16.7. The Hall–Kier alpha value is -1.75. The van der Waals surface area contributed by atoms with E-state index in [0.29, 0.717) is 29.6 Å². The molecule has 1 atom stereocenters. The third-order valence-electron chi connectivity index (χ3n) is 3.31. The molecule has 1 aromatic rings. The molecule has 0 radical (unpaired) electrons. The quantitative estimate of drug-likeness (QED) is 0.834. The Kier molecular flexibility index (Phi) is 3.06. The van der Waals surface area contributed by atoms with Crippen LogP contribution >= 0.6 is 0 Å². The maximum Gasteiger partial charge on any atom is 0.251 e. The number of benzene rings is 1. The molecule has 0 aromatic heterocycles. The minimum atomic E-state index is -0.0676. The third kappa shape index (κ3) is 2.26. The summed E-state index contributed by atoms with van der Waals surface area (Å²) in [5.41, 5.74) is 0.609. The van der Waals surface area contributed by atoms with Crippen molar-refractivity contribution in [1.82, 2.24) is 10.6 Å². The van der Waals surface area contributed by atoms with Gasteiger partial charge in [-0.3, -0.25) is 4.79 Å². The van der Waals surface area contributed by atoms with Crippen LogP contribution in [-0.2, 0) is 0 Å². The van der Waals surface area contributed by atoms with Crippen molar-refractivity contribution in [2.75, 3.05) is 19.9 Å². The van der Waals surface area contributed by atoms with E-state index in [1.54, 1.807) is 18.2 Å². The van der Waals surface area contributed by atoms with Crippen LogP contribution in [0, 0.1) is 0 Å². The first-order valence-electron chi connectivity index (χ1n) is 6.24. The van der Waals surface area contributed by atoms with Gasteiger partial charge in [0.1, 0.15) is 0 Å². The van der Waals surface area contributed by atoms with E-state index in [2.05, 4.69) is 10.6 Å². The zero-order valence-electron chi connectivity index (χ0n) is 10.1. The Bertz CT molecular complexity index is 456. The summed E-state index contributed by atoms with van der Waals surface area (Å²) in [6.45, 7) is 1.95. The van der Waals surface area contributed by atoms with Gasteiger partial charge in [-0.25, -0.2) is 0 Å². The molecular weight excluding hydrogens is 232 g/mol. The van der Waals surface area contributed by atoms with Crippen molar-refractivity contribution in [3.05, 3.63) is 23.8 Å². The van der Waals surface area contributed by atoms with Crippen LogP contribution in [0.2, 0.25) is 0 Å². The number of hydrogen-bond donors (Lipinski definition) is 2. The Labute approximate surface area is 105 Å². The van der Waals surface area contributed by atoms with Crippen molar-refractivity contribution in [1.29, 1.82) is 0 Å². The molecule has 2 aliphatic heterocycles. The SMILES string of the molecule is O=C(NC[C@H]1CCCN1)c1ccc2c(c1)OCO2. The molecule has 1 fully saturated rings. The average molecular weight is 248 g/mol. The van der Waals surface area contributed by atoms with Gasteiger partial charge in [-0.15, -0.1) is 0 Å². The fourth-order valence-electron chi connectivity index (χ4n) is 2.29. The maximum atomic E-state index is 12.0. The van der Waals surface area contributed by atoms with Crippen molar-refractivity contribution in [3.63, 3.8) is 0 Å². The highest BCUT2D eigenvalue weighted by molar-refractivity contribution is 5.94. The van der Waals surface area contributed by atoms with Gasteiger partial charge in [-0.05, 0) is 37.6 Å². The van der Waals surface area contributed by atoms with E-state index in [-0.39, 0.29) is 12.7 Å². The van der Waals surface area contributed by atoms with E-state index in [9.17, 15) is 4.79 Å². The van der Waals surface area contributed by atoms with E-state index in [1.807, 2.05) is 0 Å². The predicted octanol–water partition coefficient (Wildman–Crippen LogP) is 0.897. The molecule has 2 aliphatic rings. The summed E-state index contributed by atoms with van der Waals surface area (Å²) in [6, 6.07) is 5.65. The van der Waals surface area contributed by atoms with Crippen LogP contribution in [0.25, 0.3) is 0 Å². The summed E-state index contributed by atoms with van der Waals surface area (Å²) in [6.07, 6.45) is 2.31. The molecular formula is C13H16N2O3. The van der Waals surface area contributed by atoms with Crippen LogP contribution in [0.4, 0.5) is 0 Å². The van der Waals surface area contributed by atoms with Crippen LogP contribution in [0.15, 0.2) is 18.2 Å². The van der Waals surface area contributed by atoms with Gasteiger partial charge in [0.15, 0.2) is 11.5 Å². The van der Waals surface area contributed by atoms with E-state index < -0.39 is 0 Å². The van der Waals surface area contributed by atoms with Gasteiger partial charge >= 0.3 is 0 Å². The van der Waals surface area contributed by atoms with E-state index in [4.69, 9.17) is 9.47 Å². The minimum Gasteiger partial charge on any atom is -0.454 e. The second-order valence-corrected chi connectivity index (χ2v) is 4.57. The second kappa shape index (κ2) is 4.86. The van der Waals surface area contributed by atoms with Crippen molar-refractivity contribution in [2.45, 2.75) is 18.9 Å². The maximum absolute atomic E-state index is 12.0. The van der Waals surface area contributed by atoms with Crippen molar-refractivity contribution in [2.24, 2.45) is 0 Å². The first-order chi connectivity index (χ1) is 8.83. The summed E-state index contributed by atoms with van der Waals surface area (Å²) in [5.74, 6) is 1.27. The molecule has 1 aromatic carbocycles. The fraction of sp³-hybridized carbons (Fsp3) is 0.462. The van der Waals surface area contributed by atoms with Crippen LogP contribution in [0.1, 0.15) is 23.2 Å². The number of ether oxygens (including phenoxy) is 2. The first kappa shape index (κ1) is 11.3. The van der Waals surface area contributed by atoms with Crippen molar-refractivity contribution >= 4 is 5.91 Å². The van der Waals surface area contributed by atoms with Gasteiger partial charge in [0.05, 0.1) is 0 Å². The minimum absolute atomic E-state index is 0.0676. The number of amides is 1. The summed E-state index contributed by atoms with van der Waals surface area (Å²) >= 11 is 0. The predicted molar refractivity (Wildman–Crippen MR) is 65.9 cm³/mol. The molecule has 1 saturated heterocycles. The summed E-state index contributed by atoms with van der Waals surface area (Å²) < 4.78 is 10.5. The van der Waals surface area contributed by atoms with Gasteiger partial charge < -0.3 is 20.1 Å². The molecule has 5 heteroatoms. The lowest BCUT2D eigenvalue weighted by Crippen LogP contribution is -2.37. The number of rotatable bonds is 3. The van der Waals surface area contributed by atoms with E-state index in [1.165, 1.54) is 6.42 Å². The molecule has 0 saturated carbocycles. The number of fused-ring (bicyclic) bond motifs is 1. The molecule has 0 spiro atoms. The Balaban J connectivity index is 1.61. The molecule has 2 heterocycles. The lowest BCUT2D eigenvalue weighted by Gasteiger charge is -2.11. The molecule has 5 nitrogen and oxygen atoms in total. The molecule has 2 N–H and O–H groups in total. The molecule has 1 amide bonds. The number of carbonyl (C=O) groups is 1. The number of nitrogens with one attached hydrogen (secondary N) is 2. The second-order valence-electron chi connectivity index (χ2n) is 4.57. The fourth-order valence-corrected chi connectivity index (χ4v) is 2.29. The Morgan fingerprint density at radius 2 is 2.28 bits per heavy atom. The van der Waals surface area contributed by atoms with Gasteiger partial charge in [-0.1, -0.05) is 0 Å². The molecule has 18 heavy (non-hydrogen) atoms. The third-order valence-corrected chi connectivity index (χ3v) is 3.31. The molecule has 96 valence electrons. The van der Waals surface area contributed by atoms with Crippen LogP contribution in [-0.4, -0.2) is 31.8 Å².